The minimum atomic E-state index is -0.542. The molecule has 0 N–H and O–H groups in total. The number of amides is 1. The molecule has 2 aliphatic rings. The standard InChI is InChI=1S/C14H21N3O4/c1-5-20-12(18)11-9-8-17(7-6-10(9)15-16-11)13(19)21-14(2,3)4/h9H,5-8H2,1-4H3. The van der Waals surface area contributed by atoms with E-state index in [0.717, 1.165) is 5.71 Å². The monoisotopic (exact) mass is 295 g/mol. The number of esters is 1. The van der Waals surface area contributed by atoms with Gasteiger partial charge in [0.25, 0.3) is 0 Å². The van der Waals surface area contributed by atoms with Crippen molar-refractivity contribution in [1.82, 2.24) is 4.90 Å². The van der Waals surface area contributed by atoms with Gasteiger partial charge in [0.2, 0.25) is 0 Å². The molecule has 7 nitrogen and oxygen atoms in total. The Balaban J connectivity index is 2.03. The molecule has 7 heteroatoms. The summed E-state index contributed by atoms with van der Waals surface area (Å²) in [7, 11) is 0. The molecule has 0 aromatic carbocycles. The van der Waals surface area contributed by atoms with Gasteiger partial charge >= 0.3 is 12.1 Å². The quantitative estimate of drug-likeness (QED) is 0.725. The van der Waals surface area contributed by atoms with Crippen LogP contribution in [0, 0.1) is 5.92 Å². The van der Waals surface area contributed by atoms with Crippen molar-refractivity contribution < 1.29 is 19.1 Å². The molecule has 0 saturated carbocycles. The summed E-state index contributed by atoms with van der Waals surface area (Å²) in [5.41, 5.74) is 0.567. The highest BCUT2D eigenvalue weighted by molar-refractivity contribution is 6.42. The predicted octanol–water partition coefficient (Wildman–Crippen LogP) is 1.62. The fraction of sp³-hybridized carbons (Fsp3) is 0.714. The Bertz CT molecular complexity index is 505. The van der Waals surface area contributed by atoms with Crippen LogP contribution < -0.4 is 0 Å². The van der Waals surface area contributed by atoms with Gasteiger partial charge < -0.3 is 14.4 Å². The molecule has 21 heavy (non-hydrogen) atoms. The molecule has 0 spiro atoms. The molecule has 2 rings (SSSR count). The Labute approximate surface area is 124 Å². The Kier molecular flexibility index (Phi) is 4.29. The molecule has 0 aromatic heterocycles. The van der Waals surface area contributed by atoms with Crippen molar-refractivity contribution in [2.45, 2.75) is 39.7 Å². The number of carbonyl (C=O) groups excluding carboxylic acids is 2. The number of rotatable bonds is 2. The van der Waals surface area contributed by atoms with Crippen LogP contribution in [-0.2, 0) is 14.3 Å². The van der Waals surface area contributed by atoms with Crippen molar-refractivity contribution in [2.75, 3.05) is 19.7 Å². The lowest BCUT2D eigenvalue weighted by Crippen LogP contribution is -2.48. The fourth-order valence-electron chi connectivity index (χ4n) is 2.27. The van der Waals surface area contributed by atoms with Crippen LogP contribution in [0.25, 0.3) is 0 Å². The van der Waals surface area contributed by atoms with E-state index in [1.165, 1.54) is 0 Å². The van der Waals surface area contributed by atoms with Crippen molar-refractivity contribution in [2.24, 2.45) is 16.1 Å². The minimum absolute atomic E-state index is 0.273. The van der Waals surface area contributed by atoms with E-state index in [9.17, 15) is 9.59 Å². The fourth-order valence-corrected chi connectivity index (χ4v) is 2.27. The van der Waals surface area contributed by atoms with Crippen molar-refractivity contribution in [1.29, 1.82) is 0 Å². The van der Waals surface area contributed by atoms with Gasteiger partial charge in [0, 0.05) is 19.5 Å². The maximum Gasteiger partial charge on any atom is 0.410 e. The number of fused-ring (bicyclic) bond motifs is 1. The van der Waals surface area contributed by atoms with Crippen molar-refractivity contribution in [3.63, 3.8) is 0 Å². The summed E-state index contributed by atoms with van der Waals surface area (Å²) in [6, 6.07) is 0. The number of likely N-dealkylation sites (tertiary alicyclic amines) is 1. The van der Waals surface area contributed by atoms with Gasteiger partial charge in [-0.3, -0.25) is 0 Å². The first-order valence-electron chi connectivity index (χ1n) is 7.11. The summed E-state index contributed by atoms with van der Waals surface area (Å²) in [5, 5.41) is 7.95. The number of ether oxygens (including phenoxy) is 2. The van der Waals surface area contributed by atoms with E-state index < -0.39 is 11.6 Å². The summed E-state index contributed by atoms with van der Waals surface area (Å²) in [5.74, 6) is -0.738. The van der Waals surface area contributed by atoms with Gasteiger partial charge in [-0.2, -0.15) is 5.10 Å². The van der Waals surface area contributed by atoms with E-state index in [-0.39, 0.29) is 24.3 Å². The summed E-state index contributed by atoms with van der Waals surface area (Å²) in [6.45, 7) is 8.37. The largest absolute Gasteiger partial charge is 0.461 e. The van der Waals surface area contributed by atoms with Gasteiger partial charge in [0.05, 0.1) is 18.2 Å². The minimum Gasteiger partial charge on any atom is -0.461 e. The third kappa shape index (κ3) is 3.59. The molecule has 0 aromatic rings. The van der Waals surface area contributed by atoms with Crippen molar-refractivity contribution in [3.05, 3.63) is 0 Å². The van der Waals surface area contributed by atoms with E-state index >= 15 is 0 Å². The molecule has 1 amide bonds. The zero-order valence-electron chi connectivity index (χ0n) is 12.9. The molecule has 2 heterocycles. The zero-order valence-corrected chi connectivity index (χ0v) is 12.9. The van der Waals surface area contributed by atoms with Gasteiger partial charge in [0.1, 0.15) is 5.60 Å². The van der Waals surface area contributed by atoms with Gasteiger partial charge in [0.15, 0.2) is 5.71 Å². The second-order valence-electron chi connectivity index (χ2n) is 6.03. The first-order chi connectivity index (χ1) is 9.81. The van der Waals surface area contributed by atoms with Crippen LogP contribution in [0.3, 0.4) is 0 Å². The van der Waals surface area contributed by atoms with Crippen LogP contribution in [0.2, 0.25) is 0 Å². The molecule has 2 aliphatic heterocycles. The number of hydrogen-bond donors (Lipinski definition) is 0. The molecule has 1 fully saturated rings. The molecule has 0 bridgehead atoms. The lowest BCUT2D eigenvalue weighted by molar-refractivity contribution is -0.135. The van der Waals surface area contributed by atoms with E-state index in [1.807, 2.05) is 20.8 Å². The van der Waals surface area contributed by atoms with Gasteiger partial charge in [-0.05, 0) is 27.7 Å². The lowest BCUT2D eigenvalue weighted by Gasteiger charge is -2.33. The van der Waals surface area contributed by atoms with E-state index in [2.05, 4.69) is 10.2 Å². The third-order valence-electron chi connectivity index (χ3n) is 3.20. The van der Waals surface area contributed by atoms with E-state index in [1.54, 1.807) is 11.8 Å². The predicted molar refractivity (Wildman–Crippen MR) is 77.4 cm³/mol. The number of hydrogen-bond acceptors (Lipinski definition) is 6. The Hall–Kier alpha value is -1.92. The smallest absolute Gasteiger partial charge is 0.410 e. The first kappa shape index (κ1) is 15.5. The molecular weight excluding hydrogens is 274 g/mol. The Morgan fingerprint density at radius 3 is 2.67 bits per heavy atom. The van der Waals surface area contributed by atoms with Crippen molar-refractivity contribution >= 4 is 23.5 Å². The average molecular weight is 295 g/mol. The second kappa shape index (κ2) is 5.83. The molecule has 0 radical (unpaired) electrons. The highest BCUT2D eigenvalue weighted by Gasteiger charge is 2.39. The SMILES string of the molecule is CCOC(=O)C1=NN=C2CCN(C(=O)OC(C)(C)C)CC21. The van der Waals surface area contributed by atoms with Gasteiger partial charge in [-0.25, -0.2) is 9.59 Å². The topological polar surface area (TPSA) is 80.6 Å². The molecule has 1 unspecified atom stereocenters. The maximum atomic E-state index is 12.1. The Morgan fingerprint density at radius 2 is 2.05 bits per heavy atom. The van der Waals surface area contributed by atoms with Crippen molar-refractivity contribution in [3.8, 4) is 0 Å². The molecule has 1 atom stereocenters. The summed E-state index contributed by atoms with van der Waals surface area (Å²) in [6.07, 6.45) is 0.215. The molecular formula is C14H21N3O4. The number of piperidine rings is 1. The lowest BCUT2D eigenvalue weighted by atomic mass is 9.92. The molecule has 1 saturated heterocycles. The van der Waals surface area contributed by atoms with Crippen LogP contribution in [0.4, 0.5) is 4.79 Å². The summed E-state index contributed by atoms with van der Waals surface area (Å²) < 4.78 is 10.3. The zero-order chi connectivity index (χ0) is 15.6. The van der Waals surface area contributed by atoms with E-state index in [4.69, 9.17) is 9.47 Å². The highest BCUT2D eigenvalue weighted by Crippen LogP contribution is 2.23. The van der Waals surface area contributed by atoms with Crippen LogP contribution in [-0.4, -0.2) is 53.7 Å². The first-order valence-corrected chi connectivity index (χ1v) is 7.11. The summed E-state index contributed by atoms with van der Waals surface area (Å²) >= 11 is 0. The third-order valence-corrected chi connectivity index (χ3v) is 3.20. The molecule has 116 valence electrons. The highest BCUT2D eigenvalue weighted by atomic mass is 16.6. The summed E-state index contributed by atoms with van der Waals surface area (Å²) in [4.78, 5) is 25.5. The maximum absolute atomic E-state index is 12.1. The van der Waals surface area contributed by atoms with Crippen LogP contribution in [0.15, 0.2) is 10.2 Å². The van der Waals surface area contributed by atoms with E-state index in [0.29, 0.717) is 19.5 Å². The normalized spacial score (nSPS) is 21.3. The second-order valence-corrected chi connectivity index (χ2v) is 6.03. The molecule has 0 aliphatic carbocycles. The average Bonchev–Trinajstić information content (AvgIpc) is 2.79. The van der Waals surface area contributed by atoms with Gasteiger partial charge in [-0.15, -0.1) is 5.10 Å². The van der Waals surface area contributed by atoms with Gasteiger partial charge in [-0.1, -0.05) is 0 Å². The number of nitrogens with zero attached hydrogens (tertiary/aromatic N) is 3. The number of carbonyl (C=O) groups is 2. The Morgan fingerprint density at radius 1 is 1.33 bits per heavy atom. The van der Waals surface area contributed by atoms with Crippen LogP contribution >= 0.6 is 0 Å². The van der Waals surface area contributed by atoms with Crippen LogP contribution in [0.1, 0.15) is 34.1 Å². The van der Waals surface area contributed by atoms with Crippen LogP contribution in [0.5, 0.6) is 0 Å².